The van der Waals surface area contributed by atoms with Gasteiger partial charge in [0.25, 0.3) is 0 Å². The first-order valence-electron chi connectivity index (χ1n) is 7.15. The molecular weight excluding hydrogens is 256 g/mol. The number of carbonyl (C=O) groups excluding carboxylic acids is 1. The molecule has 2 aliphatic rings. The van der Waals surface area contributed by atoms with Gasteiger partial charge in [-0.05, 0) is 33.9 Å². The van der Waals surface area contributed by atoms with Crippen molar-refractivity contribution in [2.45, 2.75) is 6.42 Å². The lowest BCUT2D eigenvalue weighted by molar-refractivity contribution is -0.114. The molecule has 0 aromatic heterocycles. The Morgan fingerprint density at radius 2 is 1.57 bits per heavy atom. The van der Waals surface area contributed by atoms with Gasteiger partial charge < -0.3 is 0 Å². The van der Waals surface area contributed by atoms with E-state index in [9.17, 15) is 4.79 Å². The lowest BCUT2D eigenvalue weighted by Gasteiger charge is -2.09. The van der Waals surface area contributed by atoms with E-state index in [1.54, 1.807) is 0 Å². The highest BCUT2D eigenvalue weighted by molar-refractivity contribution is 6.25. The van der Waals surface area contributed by atoms with Crippen molar-refractivity contribution < 1.29 is 4.79 Å². The van der Waals surface area contributed by atoms with Crippen LogP contribution in [0.1, 0.15) is 23.1 Å². The monoisotopic (exact) mass is 270 g/mol. The first-order valence-corrected chi connectivity index (χ1v) is 7.15. The molecule has 0 radical (unpaired) electrons. The van der Waals surface area contributed by atoms with E-state index in [4.69, 9.17) is 0 Å². The molecule has 1 nitrogen and oxygen atoms in total. The van der Waals surface area contributed by atoms with Crippen LogP contribution in [-0.4, -0.2) is 5.78 Å². The van der Waals surface area contributed by atoms with Crippen LogP contribution in [0.4, 0.5) is 0 Å². The summed E-state index contributed by atoms with van der Waals surface area (Å²) >= 11 is 0. The van der Waals surface area contributed by atoms with Crippen LogP contribution in [-0.2, 0) is 4.79 Å². The molecule has 21 heavy (non-hydrogen) atoms. The topological polar surface area (TPSA) is 17.1 Å². The Labute approximate surface area is 123 Å². The maximum absolute atomic E-state index is 12.4. The number of carbonyl (C=O) groups is 1. The molecule has 0 aliphatic heterocycles. The lowest BCUT2D eigenvalue weighted by Crippen LogP contribution is -2.04. The molecular formula is C20H14O. The van der Waals surface area contributed by atoms with Crippen molar-refractivity contribution in [3.8, 4) is 0 Å². The Morgan fingerprint density at radius 1 is 0.857 bits per heavy atom. The minimum atomic E-state index is 0.214. The zero-order chi connectivity index (χ0) is 14.2. The van der Waals surface area contributed by atoms with E-state index in [1.807, 2.05) is 36.4 Å². The van der Waals surface area contributed by atoms with E-state index >= 15 is 0 Å². The van der Waals surface area contributed by atoms with Crippen molar-refractivity contribution in [1.82, 2.24) is 0 Å². The van der Waals surface area contributed by atoms with Crippen LogP contribution in [0.15, 0.2) is 72.3 Å². The van der Waals surface area contributed by atoms with Gasteiger partial charge in [-0.3, -0.25) is 4.79 Å². The zero-order valence-corrected chi connectivity index (χ0v) is 11.5. The van der Waals surface area contributed by atoms with E-state index in [0.717, 1.165) is 27.8 Å². The summed E-state index contributed by atoms with van der Waals surface area (Å²) < 4.78 is 0. The predicted molar refractivity (Wildman–Crippen MR) is 86.4 cm³/mol. The van der Waals surface area contributed by atoms with Gasteiger partial charge >= 0.3 is 0 Å². The van der Waals surface area contributed by atoms with Crippen LogP contribution in [0.2, 0.25) is 0 Å². The maximum Gasteiger partial charge on any atom is 0.167 e. The molecule has 0 unspecified atom stereocenters. The third-order valence-corrected chi connectivity index (χ3v) is 4.02. The average molecular weight is 270 g/mol. The zero-order valence-electron chi connectivity index (χ0n) is 11.5. The summed E-state index contributed by atoms with van der Waals surface area (Å²) in [4.78, 5) is 12.4. The molecule has 2 aliphatic carbocycles. The van der Waals surface area contributed by atoms with Crippen LogP contribution in [0.5, 0.6) is 0 Å². The van der Waals surface area contributed by atoms with Crippen molar-refractivity contribution in [2.24, 2.45) is 0 Å². The summed E-state index contributed by atoms with van der Waals surface area (Å²) in [6, 6.07) is 18.4. The highest BCUT2D eigenvalue weighted by Crippen LogP contribution is 2.45. The fraction of sp³-hybridized carbons (Fsp3) is 0.0500. The smallest absolute Gasteiger partial charge is 0.167 e. The molecule has 0 amide bonds. The number of benzene rings is 2. The molecule has 0 heterocycles. The highest BCUT2D eigenvalue weighted by Gasteiger charge is 2.30. The van der Waals surface area contributed by atoms with Crippen LogP contribution in [0.25, 0.3) is 17.2 Å². The summed E-state index contributed by atoms with van der Waals surface area (Å²) in [7, 11) is 0. The number of rotatable bonds is 1. The largest absolute Gasteiger partial charge is 0.294 e. The molecule has 0 saturated carbocycles. The summed E-state index contributed by atoms with van der Waals surface area (Å²) in [5.74, 6) is 0.214. The quantitative estimate of drug-likeness (QED) is 0.744. The van der Waals surface area contributed by atoms with Gasteiger partial charge in [0, 0.05) is 12.0 Å². The van der Waals surface area contributed by atoms with Gasteiger partial charge in [0.1, 0.15) is 0 Å². The third kappa shape index (κ3) is 1.90. The Hall–Kier alpha value is -2.67. The Bertz CT molecular complexity index is 820. The second-order valence-corrected chi connectivity index (χ2v) is 5.33. The summed E-state index contributed by atoms with van der Waals surface area (Å²) in [5.41, 5.74) is 6.45. The molecule has 0 saturated heterocycles. The number of hydrogen-bond acceptors (Lipinski definition) is 1. The number of allylic oxidation sites excluding steroid dienone is 5. The second kappa shape index (κ2) is 4.71. The summed E-state index contributed by atoms with van der Waals surface area (Å²) in [5, 5.41) is 0. The van der Waals surface area contributed by atoms with Crippen LogP contribution in [0, 0.1) is 0 Å². The van der Waals surface area contributed by atoms with Gasteiger partial charge in [0.15, 0.2) is 5.78 Å². The number of Topliss-reactive ketones (excluding diaryl/α,β-unsaturated/α-hetero) is 1. The molecule has 0 N–H and O–H groups in total. The van der Waals surface area contributed by atoms with E-state index in [2.05, 4.69) is 36.4 Å². The molecule has 0 atom stereocenters. The molecule has 4 rings (SSSR count). The van der Waals surface area contributed by atoms with Gasteiger partial charge in [-0.15, -0.1) is 0 Å². The fourth-order valence-corrected chi connectivity index (χ4v) is 3.09. The molecule has 2 aromatic rings. The molecule has 100 valence electrons. The number of hydrogen-bond donors (Lipinski definition) is 0. The Morgan fingerprint density at radius 3 is 2.38 bits per heavy atom. The SMILES string of the molecule is O=C1CC=CC2=C1C(=Cc1ccccc1)c1ccccc12. The van der Waals surface area contributed by atoms with Gasteiger partial charge in [0.05, 0.1) is 0 Å². The molecule has 2 aromatic carbocycles. The van der Waals surface area contributed by atoms with Crippen LogP contribution >= 0.6 is 0 Å². The Balaban J connectivity index is 1.97. The average Bonchev–Trinajstić information content (AvgIpc) is 2.84. The van der Waals surface area contributed by atoms with Crippen molar-refractivity contribution in [3.63, 3.8) is 0 Å². The van der Waals surface area contributed by atoms with Gasteiger partial charge in [-0.2, -0.15) is 0 Å². The minimum absolute atomic E-state index is 0.214. The predicted octanol–water partition coefficient (Wildman–Crippen LogP) is 4.52. The molecule has 0 bridgehead atoms. The third-order valence-electron chi connectivity index (χ3n) is 4.02. The first kappa shape index (κ1) is 12.1. The number of fused-ring (bicyclic) bond motifs is 2. The van der Waals surface area contributed by atoms with Gasteiger partial charge in [0.2, 0.25) is 0 Å². The first-order chi connectivity index (χ1) is 10.3. The normalized spacial score (nSPS) is 18.1. The summed E-state index contributed by atoms with van der Waals surface area (Å²) in [6.45, 7) is 0. The van der Waals surface area contributed by atoms with Gasteiger partial charge in [-0.1, -0.05) is 66.7 Å². The minimum Gasteiger partial charge on any atom is -0.294 e. The highest BCUT2D eigenvalue weighted by atomic mass is 16.1. The molecule has 1 heteroatoms. The van der Waals surface area contributed by atoms with Gasteiger partial charge in [-0.25, -0.2) is 0 Å². The van der Waals surface area contributed by atoms with Crippen molar-refractivity contribution in [2.75, 3.05) is 0 Å². The van der Waals surface area contributed by atoms with E-state index in [1.165, 1.54) is 5.56 Å². The van der Waals surface area contributed by atoms with Crippen LogP contribution < -0.4 is 0 Å². The lowest BCUT2D eigenvalue weighted by atomic mass is 9.93. The molecule has 0 fully saturated rings. The molecule has 0 spiro atoms. The second-order valence-electron chi connectivity index (χ2n) is 5.33. The van der Waals surface area contributed by atoms with Crippen molar-refractivity contribution in [3.05, 3.63) is 89.0 Å². The summed E-state index contributed by atoms with van der Waals surface area (Å²) in [6.07, 6.45) is 6.67. The maximum atomic E-state index is 12.4. The van der Waals surface area contributed by atoms with Crippen molar-refractivity contribution in [1.29, 1.82) is 0 Å². The standard InChI is InChI=1S/C20H14O/c21-19-12-6-11-17-15-9-4-5-10-16(15)18(20(17)19)13-14-7-2-1-3-8-14/h1-11,13H,12H2. The van der Waals surface area contributed by atoms with E-state index < -0.39 is 0 Å². The fourth-order valence-electron chi connectivity index (χ4n) is 3.09. The van der Waals surface area contributed by atoms with E-state index in [-0.39, 0.29) is 5.78 Å². The number of ketones is 1. The van der Waals surface area contributed by atoms with Crippen molar-refractivity contribution >= 4 is 23.0 Å². The van der Waals surface area contributed by atoms with Crippen LogP contribution in [0.3, 0.4) is 0 Å². The Kier molecular flexibility index (Phi) is 2.71. The van der Waals surface area contributed by atoms with E-state index in [0.29, 0.717) is 6.42 Å².